The number of nitrogens with zero attached hydrogens (tertiary/aromatic N) is 3. The fraction of sp³-hybridized carbons (Fsp3) is 0.474. The van der Waals surface area contributed by atoms with Crippen molar-refractivity contribution in [2.45, 2.75) is 51.6 Å². The minimum atomic E-state index is -3.56. The number of sulfonamides is 1. The molecule has 0 spiro atoms. The Bertz CT molecular complexity index is 1030. The van der Waals surface area contributed by atoms with Gasteiger partial charge >= 0.3 is 0 Å². The Hall–Kier alpha value is -2.39. The molecule has 0 unspecified atom stereocenters. The van der Waals surface area contributed by atoms with Crippen molar-refractivity contribution < 1.29 is 18.0 Å². The number of fused-ring (bicyclic) bond motifs is 1. The summed E-state index contributed by atoms with van der Waals surface area (Å²) in [5.74, 6) is 0.376. The molecule has 0 bridgehead atoms. The standard InChI is InChI=1S/C19H24N4O4S/c1-12-4-7-17-18(23(12)13(2)24)9-8-16(19(17)27-21-28(3,25)26)14-10-20-22(11-14)15-5-6-15/h8-12,15,21H,4-7H2,1-3H3/t12-/m0/s1. The molecule has 2 aromatic rings. The number of rotatable bonds is 5. The number of carbonyl (C=O) groups is 1. The fourth-order valence-electron chi connectivity index (χ4n) is 3.76. The lowest BCUT2D eigenvalue weighted by atomic mass is 9.92. The minimum Gasteiger partial charge on any atom is -0.393 e. The van der Waals surface area contributed by atoms with E-state index in [1.54, 1.807) is 11.1 Å². The summed E-state index contributed by atoms with van der Waals surface area (Å²) in [6, 6.07) is 4.28. The molecule has 28 heavy (non-hydrogen) atoms. The number of nitrogens with one attached hydrogen (secondary N) is 1. The van der Waals surface area contributed by atoms with Gasteiger partial charge in [-0.1, -0.05) is 0 Å². The number of aromatic nitrogens is 2. The van der Waals surface area contributed by atoms with Crippen LogP contribution in [0.4, 0.5) is 5.69 Å². The molecule has 1 aromatic heterocycles. The first kappa shape index (κ1) is 18.9. The van der Waals surface area contributed by atoms with Gasteiger partial charge in [0.15, 0.2) is 5.75 Å². The first-order chi connectivity index (χ1) is 13.2. The van der Waals surface area contributed by atoms with Gasteiger partial charge in [0.25, 0.3) is 0 Å². The molecule has 9 heteroatoms. The van der Waals surface area contributed by atoms with E-state index in [0.29, 0.717) is 18.2 Å². The van der Waals surface area contributed by atoms with Gasteiger partial charge in [-0.05, 0) is 49.6 Å². The fourth-order valence-corrected chi connectivity index (χ4v) is 4.00. The molecule has 1 amide bonds. The summed E-state index contributed by atoms with van der Waals surface area (Å²) in [5, 5.41) is 4.43. The molecule has 2 aliphatic rings. The molecule has 2 heterocycles. The quantitative estimate of drug-likeness (QED) is 0.773. The Morgan fingerprint density at radius 1 is 1.29 bits per heavy atom. The van der Waals surface area contributed by atoms with E-state index in [1.807, 2.05) is 29.9 Å². The number of hydrogen-bond acceptors (Lipinski definition) is 5. The van der Waals surface area contributed by atoms with E-state index < -0.39 is 10.0 Å². The van der Waals surface area contributed by atoms with E-state index >= 15 is 0 Å². The van der Waals surface area contributed by atoms with E-state index in [0.717, 1.165) is 47.9 Å². The molecular weight excluding hydrogens is 380 g/mol. The van der Waals surface area contributed by atoms with Crippen molar-refractivity contribution in [3.63, 3.8) is 0 Å². The molecule has 1 fully saturated rings. The van der Waals surface area contributed by atoms with Crippen LogP contribution in [0.15, 0.2) is 24.5 Å². The van der Waals surface area contributed by atoms with Gasteiger partial charge in [0.2, 0.25) is 15.9 Å². The second-order valence-electron chi connectivity index (χ2n) is 7.61. The van der Waals surface area contributed by atoms with Crippen molar-refractivity contribution in [1.29, 1.82) is 0 Å². The first-order valence-corrected chi connectivity index (χ1v) is 11.3. The molecule has 1 N–H and O–H groups in total. The topological polar surface area (TPSA) is 93.5 Å². The third kappa shape index (κ3) is 3.64. The molecule has 1 aliphatic carbocycles. The molecule has 8 nitrogen and oxygen atoms in total. The maximum Gasteiger partial charge on any atom is 0.239 e. The third-order valence-electron chi connectivity index (χ3n) is 5.22. The van der Waals surface area contributed by atoms with Gasteiger partial charge in [0, 0.05) is 35.9 Å². The Labute approximate surface area is 164 Å². The van der Waals surface area contributed by atoms with Crippen LogP contribution in [-0.4, -0.2) is 36.4 Å². The number of anilines is 1. The zero-order valence-corrected chi connectivity index (χ0v) is 17.0. The van der Waals surface area contributed by atoms with E-state index in [9.17, 15) is 13.2 Å². The normalized spacial score (nSPS) is 19.4. The highest BCUT2D eigenvalue weighted by Gasteiger charge is 2.31. The van der Waals surface area contributed by atoms with E-state index in [1.165, 1.54) is 6.92 Å². The van der Waals surface area contributed by atoms with Crippen molar-refractivity contribution in [2.24, 2.45) is 0 Å². The highest BCUT2D eigenvalue weighted by molar-refractivity contribution is 7.88. The van der Waals surface area contributed by atoms with Gasteiger partial charge in [-0.25, -0.2) is 8.42 Å². The summed E-state index contributed by atoms with van der Waals surface area (Å²) in [6.45, 7) is 3.54. The highest BCUT2D eigenvalue weighted by atomic mass is 32.2. The highest BCUT2D eigenvalue weighted by Crippen LogP contribution is 2.43. The van der Waals surface area contributed by atoms with E-state index in [-0.39, 0.29) is 11.9 Å². The van der Waals surface area contributed by atoms with Gasteiger partial charge < -0.3 is 9.74 Å². The molecule has 1 aromatic carbocycles. The smallest absolute Gasteiger partial charge is 0.239 e. The largest absolute Gasteiger partial charge is 0.393 e. The maximum atomic E-state index is 12.2. The van der Waals surface area contributed by atoms with Gasteiger partial charge in [0.05, 0.1) is 24.2 Å². The molecule has 1 aliphatic heterocycles. The molecule has 1 atom stereocenters. The van der Waals surface area contributed by atoms with Crippen molar-refractivity contribution in [2.75, 3.05) is 11.2 Å². The van der Waals surface area contributed by atoms with Crippen LogP contribution in [-0.2, 0) is 21.2 Å². The molecule has 150 valence electrons. The Morgan fingerprint density at radius 2 is 2.04 bits per heavy atom. The lowest BCUT2D eigenvalue weighted by Gasteiger charge is -2.35. The van der Waals surface area contributed by atoms with E-state index in [4.69, 9.17) is 4.84 Å². The van der Waals surface area contributed by atoms with Crippen molar-refractivity contribution in [3.8, 4) is 16.9 Å². The molecule has 0 saturated heterocycles. The van der Waals surface area contributed by atoms with Crippen LogP contribution in [0.2, 0.25) is 0 Å². The molecule has 4 rings (SSSR count). The average Bonchev–Trinajstić information content (AvgIpc) is 3.35. The summed E-state index contributed by atoms with van der Waals surface area (Å²) in [6.07, 6.45) is 8.46. The zero-order chi connectivity index (χ0) is 20.1. The lowest BCUT2D eigenvalue weighted by molar-refractivity contribution is -0.117. The third-order valence-corrected chi connectivity index (χ3v) is 5.60. The van der Waals surface area contributed by atoms with Crippen molar-refractivity contribution in [1.82, 2.24) is 14.7 Å². The van der Waals surface area contributed by atoms with Crippen LogP contribution in [0.1, 0.15) is 44.7 Å². The number of hydrogen-bond donors (Lipinski definition) is 1. The summed E-state index contributed by atoms with van der Waals surface area (Å²) < 4.78 is 25.2. The van der Waals surface area contributed by atoms with Crippen LogP contribution in [0.5, 0.6) is 5.75 Å². The van der Waals surface area contributed by atoms with Crippen LogP contribution >= 0.6 is 0 Å². The second kappa shape index (κ2) is 6.89. The number of amides is 1. The van der Waals surface area contributed by atoms with Crippen LogP contribution in [0, 0.1) is 0 Å². The lowest BCUT2D eigenvalue weighted by Crippen LogP contribution is -2.41. The summed E-state index contributed by atoms with van der Waals surface area (Å²) in [4.78, 5) is 21.7. The number of benzene rings is 1. The predicted octanol–water partition coefficient (Wildman–Crippen LogP) is 2.42. The maximum absolute atomic E-state index is 12.2. The Kier molecular flexibility index (Phi) is 4.67. The average molecular weight is 404 g/mol. The molecule has 0 radical (unpaired) electrons. The SMILES string of the molecule is CC(=O)N1c2ccc(-c3cnn(C4CC4)c3)c(ONS(C)(=O)=O)c2CC[C@@H]1C. The minimum absolute atomic E-state index is 0.0511. The van der Waals surface area contributed by atoms with Gasteiger partial charge in [-0.3, -0.25) is 9.48 Å². The zero-order valence-electron chi connectivity index (χ0n) is 16.2. The Balaban J connectivity index is 1.82. The summed E-state index contributed by atoms with van der Waals surface area (Å²) in [7, 11) is -3.56. The van der Waals surface area contributed by atoms with Gasteiger partial charge in [-0.2, -0.15) is 5.10 Å². The monoisotopic (exact) mass is 404 g/mol. The van der Waals surface area contributed by atoms with E-state index in [2.05, 4.69) is 9.98 Å². The predicted molar refractivity (Wildman–Crippen MR) is 105 cm³/mol. The first-order valence-electron chi connectivity index (χ1n) is 9.38. The molecular formula is C19H24N4O4S. The second-order valence-corrected chi connectivity index (χ2v) is 9.33. The van der Waals surface area contributed by atoms with Crippen LogP contribution in [0.3, 0.4) is 0 Å². The Morgan fingerprint density at radius 3 is 2.68 bits per heavy atom. The summed E-state index contributed by atoms with van der Waals surface area (Å²) in [5.41, 5.74) is 3.18. The van der Waals surface area contributed by atoms with Crippen LogP contribution in [0.25, 0.3) is 11.1 Å². The number of carbonyl (C=O) groups excluding carboxylic acids is 1. The van der Waals surface area contributed by atoms with Crippen molar-refractivity contribution >= 4 is 21.6 Å². The summed E-state index contributed by atoms with van der Waals surface area (Å²) >= 11 is 0. The van der Waals surface area contributed by atoms with Crippen LogP contribution < -0.4 is 14.6 Å². The van der Waals surface area contributed by atoms with Gasteiger partial charge in [-0.15, -0.1) is 0 Å². The van der Waals surface area contributed by atoms with Crippen molar-refractivity contribution in [3.05, 3.63) is 30.1 Å². The molecule has 1 saturated carbocycles. The van der Waals surface area contributed by atoms with Gasteiger partial charge in [0.1, 0.15) is 0 Å².